The predicted molar refractivity (Wildman–Crippen MR) is 106 cm³/mol. The molecule has 0 saturated carbocycles. The van der Waals surface area contributed by atoms with Gasteiger partial charge in [0.1, 0.15) is 0 Å². The molecule has 0 spiro atoms. The zero-order valence-electron chi connectivity index (χ0n) is 15.0. The van der Waals surface area contributed by atoms with Crippen LogP contribution in [0.5, 0.6) is 0 Å². The standard InChI is InChI=1S/C24H22N2/c1-24(22(16-25)20-12-6-3-7-13-20)18-26(17-19-10-4-2-5-11-19)23-15-9-8-14-21(23)24/h2-15,22H,17-18H2,1H3/t22-,24+/m0/s1. The zero-order chi connectivity index (χ0) is 18.0. The first-order valence-corrected chi connectivity index (χ1v) is 9.05. The Morgan fingerprint density at radius 1 is 0.923 bits per heavy atom. The number of nitrogens with zero attached hydrogens (tertiary/aromatic N) is 2. The Labute approximate surface area is 155 Å². The fraction of sp³-hybridized carbons (Fsp3) is 0.208. The molecule has 1 aliphatic rings. The van der Waals surface area contributed by atoms with Crippen molar-refractivity contribution < 1.29 is 0 Å². The van der Waals surface area contributed by atoms with Crippen LogP contribution in [0, 0.1) is 11.3 Å². The minimum Gasteiger partial charge on any atom is -0.366 e. The van der Waals surface area contributed by atoms with E-state index in [-0.39, 0.29) is 11.3 Å². The van der Waals surface area contributed by atoms with Crippen molar-refractivity contribution in [2.45, 2.75) is 24.8 Å². The normalized spacial score (nSPS) is 19.6. The van der Waals surface area contributed by atoms with Crippen molar-refractivity contribution in [3.8, 4) is 6.07 Å². The predicted octanol–water partition coefficient (Wildman–Crippen LogP) is 5.27. The number of nitriles is 1. The Hall–Kier alpha value is -3.05. The van der Waals surface area contributed by atoms with Crippen LogP contribution in [-0.4, -0.2) is 6.54 Å². The number of hydrogen-bond acceptors (Lipinski definition) is 2. The van der Waals surface area contributed by atoms with Crippen LogP contribution < -0.4 is 4.90 Å². The number of benzene rings is 3. The highest BCUT2D eigenvalue weighted by Gasteiger charge is 2.45. The van der Waals surface area contributed by atoms with Crippen molar-refractivity contribution in [3.05, 3.63) is 102 Å². The Morgan fingerprint density at radius 3 is 2.23 bits per heavy atom. The molecule has 3 aromatic rings. The Bertz CT molecular complexity index is 927. The molecule has 0 fully saturated rings. The van der Waals surface area contributed by atoms with E-state index in [9.17, 15) is 5.26 Å². The van der Waals surface area contributed by atoms with Gasteiger partial charge in [-0.3, -0.25) is 0 Å². The van der Waals surface area contributed by atoms with Crippen molar-refractivity contribution in [1.82, 2.24) is 0 Å². The molecule has 0 bridgehead atoms. The lowest BCUT2D eigenvalue weighted by Gasteiger charge is -2.31. The highest BCUT2D eigenvalue weighted by Crippen LogP contribution is 2.48. The van der Waals surface area contributed by atoms with Gasteiger partial charge in [0.25, 0.3) is 0 Å². The quantitative estimate of drug-likeness (QED) is 0.648. The van der Waals surface area contributed by atoms with E-state index < -0.39 is 0 Å². The lowest BCUT2D eigenvalue weighted by molar-refractivity contribution is 0.453. The first kappa shape index (κ1) is 16.4. The van der Waals surface area contributed by atoms with Crippen LogP contribution in [0.4, 0.5) is 5.69 Å². The first-order valence-electron chi connectivity index (χ1n) is 9.05. The first-order chi connectivity index (χ1) is 12.7. The molecule has 1 aliphatic heterocycles. The molecule has 2 atom stereocenters. The van der Waals surface area contributed by atoms with Gasteiger partial charge in [0.2, 0.25) is 0 Å². The second kappa shape index (κ2) is 6.69. The van der Waals surface area contributed by atoms with Crippen LogP contribution in [0.25, 0.3) is 0 Å². The van der Waals surface area contributed by atoms with E-state index in [1.165, 1.54) is 16.8 Å². The molecule has 26 heavy (non-hydrogen) atoms. The molecule has 4 rings (SSSR count). The van der Waals surface area contributed by atoms with Gasteiger partial charge in [-0.2, -0.15) is 5.26 Å². The van der Waals surface area contributed by atoms with E-state index in [0.717, 1.165) is 18.7 Å². The summed E-state index contributed by atoms with van der Waals surface area (Å²) >= 11 is 0. The molecule has 0 aliphatic carbocycles. The summed E-state index contributed by atoms with van der Waals surface area (Å²) in [5.74, 6) is -0.175. The lowest BCUT2D eigenvalue weighted by atomic mass is 9.71. The fourth-order valence-electron chi connectivity index (χ4n) is 4.22. The van der Waals surface area contributed by atoms with E-state index in [2.05, 4.69) is 78.6 Å². The number of hydrogen-bond donors (Lipinski definition) is 0. The van der Waals surface area contributed by atoms with E-state index in [0.29, 0.717) is 0 Å². The molecular weight excluding hydrogens is 316 g/mol. The van der Waals surface area contributed by atoms with Crippen LogP contribution >= 0.6 is 0 Å². The van der Waals surface area contributed by atoms with Gasteiger partial charge in [-0.15, -0.1) is 0 Å². The molecule has 2 nitrogen and oxygen atoms in total. The summed E-state index contributed by atoms with van der Waals surface area (Å²) in [6, 6.07) is 31.9. The minimum absolute atomic E-state index is 0.175. The minimum atomic E-state index is -0.235. The average molecular weight is 338 g/mol. The molecule has 1 heterocycles. The van der Waals surface area contributed by atoms with Gasteiger partial charge in [0, 0.05) is 24.2 Å². The molecule has 0 aromatic heterocycles. The maximum Gasteiger partial charge on any atom is 0.0824 e. The Balaban J connectivity index is 1.75. The smallest absolute Gasteiger partial charge is 0.0824 e. The van der Waals surface area contributed by atoms with Crippen molar-refractivity contribution in [3.63, 3.8) is 0 Å². The van der Waals surface area contributed by atoms with Gasteiger partial charge in [0.15, 0.2) is 0 Å². The third-order valence-electron chi connectivity index (χ3n) is 5.49. The van der Waals surface area contributed by atoms with Gasteiger partial charge in [0.05, 0.1) is 12.0 Å². The van der Waals surface area contributed by atoms with Gasteiger partial charge in [-0.25, -0.2) is 0 Å². The van der Waals surface area contributed by atoms with Gasteiger partial charge >= 0.3 is 0 Å². The van der Waals surface area contributed by atoms with Crippen molar-refractivity contribution in [1.29, 1.82) is 5.26 Å². The molecule has 0 saturated heterocycles. The van der Waals surface area contributed by atoms with Crippen LogP contribution in [0.2, 0.25) is 0 Å². The SMILES string of the molecule is C[C@@]1([C@@H](C#N)c2ccccc2)CN(Cc2ccccc2)c2ccccc21. The summed E-state index contributed by atoms with van der Waals surface area (Å²) in [6.45, 7) is 3.94. The van der Waals surface area contributed by atoms with Crippen LogP contribution in [0.1, 0.15) is 29.5 Å². The Kier molecular flexibility index (Phi) is 4.22. The molecule has 0 radical (unpaired) electrons. The second-order valence-electron chi connectivity index (χ2n) is 7.25. The number of anilines is 1. The van der Waals surface area contributed by atoms with Gasteiger partial charge in [-0.05, 0) is 22.8 Å². The third-order valence-corrected chi connectivity index (χ3v) is 5.49. The van der Waals surface area contributed by atoms with Crippen LogP contribution in [-0.2, 0) is 12.0 Å². The van der Waals surface area contributed by atoms with Crippen molar-refractivity contribution in [2.24, 2.45) is 0 Å². The molecule has 0 unspecified atom stereocenters. The Morgan fingerprint density at radius 2 is 1.54 bits per heavy atom. The molecule has 3 aromatic carbocycles. The highest BCUT2D eigenvalue weighted by molar-refractivity contribution is 5.64. The summed E-state index contributed by atoms with van der Waals surface area (Å²) in [7, 11) is 0. The zero-order valence-corrected chi connectivity index (χ0v) is 15.0. The van der Waals surface area contributed by atoms with Crippen LogP contribution in [0.3, 0.4) is 0 Å². The lowest BCUT2D eigenvalue weighted by Crippen LogP contribution is -2.35. The summed E-state index contributed by atoms with van der Waals surface area (Å²) in [5, 5.41) is 10.0. The molecule has 0 amide bonds. The monoisotopic (exact) mass is 338 g/mol. The van der Waals surface area contributed by atoms with E-state index in [1.54, 1.807) is 0 Å². The van der Waals surface area contributed by atoms with E-state index in [4.69, 9.17) is 0 Å². The second-order valence-corrected chi connectivity index (χ2v) is 7.25. The van der Waals surface area contributed by atoms with E-state index >= 15 is 0 Å². The number of para-hydroxylation sites is 1. The van der Waals surface area contributed by atoms with Gasteiger partial charge < -0.3 is 4.90 Å². The van der Waals surface area contributed by atoms with Gasteiger partial charge in [-0.1, -0.05) is 85.8 Å². The molecule has 128 valence electrons. The fourth-order valence-corrected chi connectivity index (χ4v) is 4.22. The maximum atomic E-state index is 10.0. The van der Waals surface area contributed by atoms with Crippen LogP contribution in [0.15, 0.2) is 84.9 Å². The average Bonchev–Trinajstić information content (AvgIpc) is 2.97. The number of fused-ring (bicyclic) bond motifs is 1. The summed E-state index contributed by atoms with van der Waals surface area (Å²) in [5.41, 5.74) is 4.66. The van der Waals surface area contributed by atoms with Crippen molar-refractivity contribution >= 4 is 5.69 Å². The maximum absolute atomic E-state index is 10.0. The van der Waals surface area contributed by atoms with E-state index in [1.807, 2.05) is 24.3 Å². The topological polar surface area (TPSA) is 27.0 Å². The molecular formula is C24H22N2. The third kappa shape index (κ3) is 2.76. The summed E-state index contributed by atoms with van der Waals surface area (Å²) in [6.07, 6.45) is 0. The van der Waals surface area contributed by atoms with Crippen molar-refractivity contribution in [2.75, 3.05) is 11.4 Å². The molecule has 2 heteroatoms. The highest BCUT2D eigenvalue weighted by atomic mass is 15.2. The molecule has 0 N–H and O–H groups in total. The summed E-state index contributed by atoms with van der Waals surface area (Å²) < 4.78 is 0. The number of rotatable bonds is 4. The largest absolute Gasteiger partial charge is 0.366 e. The summed E-state index contributed by atoms with van der Waals surface area (Å²) in [4.78, 5) is 2.41.